The standard InChI is InChI=1S/C20H14N2O3/c23-16-8-7-15(22-11-12-4-3-9-21-10-12)17-18(16)20(25)14-6-2-1-5-13(14)19(17)24/h1-10,22-23H,11H2. The summed E-state index contributed by atoms with van der Waals surface area (Å²) in [5, 5.41) is 13.3. The lowest BCUT2D eigenvalue weighted by molar-refractivity contribution is 0.0977. The first-order valence-electron chi connectivity index (χ1n) is 7.84. The average Bonchev–Trinajstić information content (AvgIpc) is 2.66. The van der Waals surface area contributed by atoms with Gasteiger partial charge in [0.2, 0.25) is 0 Å². The zero-order chi connectivity index (χ0) is 17.4. The molecule has 0 saturated heterocycles. The summed E-state index contributed by atoms with van der Waals surface area (Å²) in [4.78, 5) is 29.7. The van der Waals surface area contributed by atoms with E-state index in [0.29, 0.717) is 23.4 Å². The molecule has 0 unspecified atom stereocenters. The Labute approximate surface area is 144 Å². The van der Waals surface area contributed by atoms with Gasteiger partial charge in [0.1, 0.15) is 5.75 Å². The number of aromatic hydroxyl groups is 1. The van der Waals surface area contributed by atoms with Crippen molar-refractivity contribution >= 4 is 17.3 Å². The van der Waals surface area contributed by atoms with E-state index < -0.39 is 0 Å². The fraction of sp³-hybridized carbons (Fsp3) is 0.0500. The maximum Gasteiger partial charge on any atom is 0.198 e. The number of aromatic nitrogens is 1. The number of hydrogen-bond donors (Lipinski definition) is 2. The van der Waals surface area contributed by atoms with Gasteiger partial charge in [-0.05, 0) is 23.8 Å². The second-order valence-corrected chi connectivity index (χ2v) is 5.80. The van der Waals surface area contributed by atoms with Crippen LogP contribution in [0.2, 0.25) is 0 Å². The van der Waals surface area contributed by atoms with Gasteiger partial charge in [0, 0.05) is 35.8 Å². The minimum Gasteiger partial charge on any atom is -0.507 e. The predicted octanol–water partition coefficient (Wildman–Crippen LogP) is 3.17. The van der Waals surface area contributed by atoms with Crippen molar-refractivity contribution in [1.29, 1.82) is 0 Å². The molecule has 5 nitrogen and oxygen atoms in total. The minimum absolute atomic E-state index is 0.0555. The summed E-state index contributed by atoms with van der Waals surface area (Å²) >= 11 is 0. The lowest BCUT2D eigenvalue weighted by Crippen LogP contribution is -2.22. The number of hydrogen-bond acceptors (Lipinski definition) is 5. The average molecular weight is 330 g/mol. The quantitative estimate of drug-likeness (QED) is 0.564. The van der Waals surface area contributed by atoms with Crippen molar-refractivity contribution in [2.24, 2.45) is 0 Å². The maximum absolute atomic E-state index is 12.9. The van der Waals surface area contributed by atoms with E-state index in [9.17, 15) is 14.7 Å². The molecular formula is C20H14N2O3. The number of benzene rings is 2. The summed E-state index contributed by atoms with van der Waals surface area (Å²) in [6.45, 7) is 0.453. The molecule has 0 radical (unpaired) electrons. The van der Waals surface area contributed by atoms with Crippen molar-refractivity contribution in [3.8, 4) is 5.75 Å². The number of rotatable bonds is 3. The predicted molar refractivity (Wildman–Crippen MR) is 93.0 cm³/mol. The number of carbonyl (C=O) groups excluding carboxylic acids is 2. The van der Waals surface area contributed by atoms with E-state index >= 15 is 0 Å². The smallest absolute Gasteiger partial charge is 0.198 e. The molecule has 0 spiro atoms. The number of fused-ring (bicyclic) bond motifs is 2. The van der Waals surface area contributed by atoms with Crippen molar-refractivity contribution in [3.05, 3.63) is 88.7 Å². The molecule has 0 saturated carbocycles. The Morgan fingerprint density at radius 1 is 0.880 bits per heavy atom. The summed E-state index contributed by atoms with van der Waals surface area (Å²) in [5.74, 6) is -0.794. The van der Waals surface area contributed by atoms with Crippen LogP contribution in [0.1, 0.15) is 37.4 Å². The Hall–Kier alpha value is -3.47. The third-order valence-electron chi connectivity index (χ3n) is 4.26. The van der Waals surface area contributed by atoms with Gasteiger partial charge in [-0.1, -0.05) is 30.3 Å². The van der Waals surface area contributed by atoms with Crippen LogP contribution in [-0.2, 0) is 6.54 Å². The molecule has 1 aromatic heterocycles. The maximum atomic E-state index is 12.9. The van der Waals surface area contributed by atoms with Gasteiger partial charge in [0.05, 0.1) is 11.1 Å². The van der Waals surface area contributed by atoms with Gasteiger partial charge in [-0.25, -0.2) is 0 Å². The van der Waals surface area contributed by atoms with Gasteiger partial charge < -0.3 is 10.4 Å². The fourth-order valence-corrected chi connectivity index (χ4v) is 3.05. The Balaban J connectivity index is 1.79. The topological polar surface area (TPSA) is 79.3 Å². The van der Waals surface area contributed by atoms with Crippen LogP contribution in [0.4, 0.5) is 5.69 Å². The summed E-state index contributed by atoms with van der Waals surface area (Å²) in [5.41, 5.74) is 2.41. The van der Waals surface area contributed by atoms with Crippen molar-refractivity contribution in [1.82, 2.24) is 4.98 Å². The largest absolute Gasteiger partial charge is 0.507 e. The second kappa shape index (κ2) is 5.87. The molecule has 4 rings (SSSR count). The van der Waals surface area contributed by atoms with Crippen LogP contribution < -0.4 is 5.32 Å². The van der Waals surface area contributed by atoms with Crippen molar-refractivity contribution in [2.45, 2.75) is 6.54 Å². The van der Waals surface area contributed by atoms with E-state index in [0.717, 1.165) is 5.56 Å². The normalized spacial score (nSPS) is 12.5. The van der Waals surface area contributed by atoms with Gasteiger partial charge in [0.25, 0.3) is 0 Å². The van der Waals surface area contributed by atoms with Crippen molar-refractivity contribution in [2.75, 3.05) is 5.32 Å². The van der Waals surface area contributed by atoms with Crippen LogP contribution in [0.5, 0.6) is 5.75 Å². The van der Waals surface area contributed by atoms with E-state index in [4.69, 9.17) is 0 Å². The summed E-state index contributed by atoms with van der Waals surface area (Å²) in [6, 6.07) is 13.5. The third-order valence-corrected chi connectivity index (χ3v) is 4.26. The number of carbonyl (C=O) groups is 2. The van der Waals surface area contributed by atoms with E-state index in [1.165, 1.54) is 6.07 Å². The van der Waals surface area contributed by atoms with Crippen molar-refractivity contribution < 1.29 is 14.7 Å². The second-order valence-electron chi connectivity index (χ2n) is 5.80. The van der Waals surface area contributed by atoms with Gasteiger partial charge in [0.15, 0.2) is 11.6 Å². The highest BCUT2D eigenvalue weighted by Gasteiger charge is 2.33. The Morgan fingerprint density at radius 3 is 2.28 bits per heavy atom. The molecular weight excluding hydrogens is 316 g/mol. The van der Waals surface area contributed by atoms with E-state index in [1.807, 2.05) is 12.1 Å². The zero-order valence-corrected chi connectivity index (χ0v) is 13.2. The van der Waals surface area contributed by atoms with E-state index in [1.54, 1.807) is 42.7 Å². The molecule has 0 fully saturated rings. The van der Waals surface area contributed by atoms with Crippen molar-refractivity contribution in [3.63, 3.8) is 0 Å². The SMILES string of the molecule is O=C1c2ccccc2C(=O)c2c(NCc3cccnc3)ccc(O)c21. The monoisotopic (exact) mass is 330 g/mol. The minimum atomic E-state index is -0.340. The lowest BCUT2D eigenvalue weighted by Gasteiger charge is -2.21. The Morgan fingerprint density at radius 2 is 1.60 bits per heavy atom. The van der Waals surface area contributed by atoms with Gasteiger partial charge in [-0.15, -0.1) is 0 Å². The lowest BCUT2D eigenvalue weighted by atomic mass is 9.82. The first kappa shape index (κ1) is 15.1. The number of phenolic OH excluding ortho intramolecular Hbond substituents is 1. The molecule has 25 heavy (non-hydrogen) atoms. The van der Waals surface area contributed by atoms with Gasteiger partial charge >= 0.3 is 0 Å². The molecule has 2 aromatic carbocycles. The number of anilines is 1. The molecule has 0 atom stereocenters. The van der Waals surface area contributed by atoms with Crippen LogP contribution in [0.3, 0.4) is 0 Å². The summed E-state index contributed by atoms with van der Waals surface area (Å²) in [7, 11) is 0. The third kappa shape index (κ3) is 2.46. The Bertz CT molecular complexity index is 997. The summed E-state index contributed by atoms with van der Waals surface area (Å²) in [6.07, 6.45) is 3.41. The molecule has 0 aliphatic heterocycles. The molecule has 1 aliphatic rings. The van der Waals surface area contributed by atoms with E-state index in [-0.39, 0.29) is 28.4 Å². The number of nitrogens with zero attached hydrogens (tertiary/aromatic N) is 1. The zero-order valence-electron chi connectivity index (χ0n) is 13.2. The van der Waals surface area contributed by atoms with Crippen LogP contribution in [0.25, 0.3) is 0 Å². The molecule has 1 aliphatic carbocycles. The fourth-order valence-electron chi connectivity index (χ4n) is 3.05. The number of pyridine rings is 1. The number of phenols is 1. The Kier molecular flexibility index (Phi) is 3.54. The highest BCUT2D eigenvalue weighted by Crippen LogP contribution is 2.37. The molecule has 3 aromatic rings. The first-order valence-corrected chi connectivity index (χ1v) is 7.84. The van der Waals surface area contributed by atoms with Crippen LogP contribution in [0, 0.1) is 0 Å². The molecule has 5 heteroatoms. The molecule has 0 bridgehead atoms. The molecule has 122 valence electrons. The first-order chi connectivity index (χ1) is 12.2. The number of nitrogens with one attached hydrogen (secondary N) is 1. The van der Waals surface area contributed by atoms with Crippen LogP contribution in [-0.4, -0.2) is 21.7 Å². The van der Waals surface area contributed by atoms with Crippen LogP contribution in [0.15, 0.2) is 60.9 Å². The molecule has 0 amide bonds. The number of ketones is 2. The van der Waals surface area contributed by atoms with Crippen LogP contribution >= 0.6 is 0 Å². The highest BCUT2D eigenvalue weighted by molar-refractivity contribution is 6.31. The van der Waals surface area contributed by atoms with Gasteiger partial charge in [-0.3, -0.25) is 14.6 Å². The summed E-state index contributed by atoms with van der Waals surface area (Å²) < 4.78 is 0. The molecule has 2 N–H and O–H groups in total. The molecule has 1 heterocycles. The van der Waals surface area contributed by atoms with E-state index in [2.05, 4.69) is 10.3 Å². The van der Waals surface area contributed by atoms with Gasteiger partial charge in [-0.2, -0.15) is 0 Å². The highest BCUT2D eigenvalue weighted by atomic mass is 16.3.